The number of ether oxygens (including phenoxy) is 1. The van der Waals surface area contributed by atoms with Crippen molar-refractivity contribution in [3.05, 3.63) is 16.1 Å². The van der Waals surface area contributed by atoms with Gasteiger partial charge in [-0.25, -0.2) is 9.78 Å². The summed E-state index contributed by atoms with van der Waals surface area (Å²) in [5, 5.41) is 2.46. The van der Waals surface area contributed by atoms with Crippen LogP contribution < -0.4 is 0 Å². The zero-order valence-electron chi connectivity index (χ0n) is 14.6. The third-order valence-electron chi connectivity index (χ3n) is 3.60. The van der Waals surface area contributed by atoms with Crippen molar-refractivity contribution in [3.63, 3.8) is 0 Å². The van der Waals surface area contributed by atoms with E-state index in [1.54, 1.807) is 5.38 Å². The highest BCUT2D eigenvalue weighted by Crippen LogP contribution is 2.16. The molecule has 1 aromatic heterocycles. The molecule has 0 bridgehead atoms. The minimum Gasteiger partial charge on any atom is -0.464 e. The quantitative estimate of drug-likeness (QED) is 0.479. The molecule has 0 aliphatic rings. The van der Waals surface area contributed by atoms with Crippen molar-refractivity contribution in [1.29, 1.82) is 0 Å². The van der Waals surface area contributed by atoms with Gasteiger partial charge in [0.2, 0.25) is 5.91 Å². The highest BCUT2D eigenvalue weighted by atomic mass is 32.1. The molecule has 0 spiro atoms. The summed E-state index contributed by atoms with van der Waals surface area (Å²) in [6.07, 6.45) is 4.66. The Morgan fingerprint density at radius 1 is 1.35 bits per heavy atom. The van der Waals surface area contributed by atoms with Crippen LogP contribution in [0.2, 0.25) is 0 Å². The number of esters is 1. The van der Waals surface area contributed by atoms with Crippen molar-refractivity contribution >= 4 is 23.2 Å². The van der Waals surface area contributed by atoms with Crippen LogP contribution in [0.1, 0.15) is 68.4 Å². The molecular formula is C17H28N2O3S. The summed E-state index contributed by atoms with van der Waals surface area (Å²) in [6, 6.07) is 0. The standard InChI is InChI=1S/C17H28N2O3S/c1-5-6-7-8-16(20)19(10-9-13(2)3)11-15-18-14(12-23-15)17(21)22-4/h12-13H,5-11H2,1-4H3. The van der Waals surface area contributed by atoms with E-state index in [1.807, 2.05) is 4.90 Å². The molecule has 5 nitrogen and oxygen atoms in total. The number of unbranched alkanes of at least 4 members (excludes halogenated alkanes) is 2. The van der Waals surface area contributed by atoms with Crippen LogP contribution in [0.5, 0.6) is 0 Å². The Balaban J connectivity index is 2.69. The van der Waals surface area contributed by atoms with Gasteiger partial charge in [0.15, 0.2) is 5.69 Å². The molecule has 1 aromatic rings. The molecule has 1 amide bonds. The SMILES string of the molecule is CCCCCC(=O)N(CCC(C)C)Cc1nc(C(=O)OC)cs1. The van der Waals surface area contributed by atoms with Crippen molar-refractivity contribution in [2.75, 3.05) is 13.7 Å². The first kappa shape index (κ1) is 19.6. The van der Waals surface area contributed by atoms with E-state index in [4.69, 9.17) is 0 Å². The van der Waals surface area contributed by atoms with E-state index in [9.17, 15) is 9.59 Å². The van der Waals surface area contributed by atoms with E-state index in [-0.39, 0.29) is 5.91 Å². The number of nitrogens with zero attached hydrogens (tertiary/aromatic N) is 2. The first-order valence-electron chi connectivity index (χ1n) is 8.28. The molecule has 0 aliphatic carbocycles. The van der Waals surface area contributed by atoms with Gasteiger partial charge >= 0.3 is 5.97 Å². The Morgan fingerprint density at radius 2 is 2.09 bits per heavy atom. The summed E-state index contributed by atoms with van der Waals surface area (Å²) in [7, 11) is 1.34. The lowest BCUT2D eigenvalue weighted by Gasteiger charge is -2.22. The molecule has 0 unspecified atom stereocenters. The van der Waals surface area contributed by atoms with Crippen LogP contribution in [0.25, 0.3) is 0 Å². The Labute approximate surface area is 143 Å². The number of hydrogen-bond acceptors (Lipinski definition) is 5. The van der Waals surface area contributed by atoms with E-state index in [0.29, 0.717) is 24.6 Å². The van der Waals surface area contributed by atoms with Gasteiger partial charge in [-0.2, -0.15) is 0 Å². The first-order chi connectivity index (χ1) is 11.0. The second-order valence-electron chi connectivity index (χ2n) is 6.07. The molecule has 0 N–H and O–H groups in total. The largest absolute Gasteiger partial charge is 0.464 e. The number of rotatable bonds is 10. The predicted molar refractivity (Wildman–Crippen MR) is 92.5 cm³/mol. The molecule has 0 aliphatic heterocycles. The van der Waals surface area contributed by atoms with E-state index < -0.39 is 5.97 Å². The monoisotopic (exact) mass is 340 g/mol. The minimum atomic E-state index is -0.435. The summed E-state index contributed by atoms with van der Waals surface area (Å²) in [4.78, 5) is 30.1. The molecule has 130 valence electrons. The van der Waals surface area contributed by atoms with Crippen molar-refractivity contribution in [2.45, 2.75) is 59.4 Å². The van der Waals surface area contributed by atoms with Gasteiger partial charge in [0.25, 0.3) is 0 Å². The van der Waals surface area contributed by atoms with Crippen LogP contribution in [0.15, 0.2) is 5.38 Å². The van der Waals surface area contributed by atoms with E-state index in [1.165, 1.54) is 18.4 Å². The van der Waals surface area contributed by atoms with Gasteiger partial charge in [0.1, 0.15) is 5.01 Å². The molecule has 0 radical (unpaired) electrons. The Morgan fingerprint density at radius 3 is 2.70 bits per heavy atom. The van der Waals surface area contributed by atoms with Crippen LogP contribution in [-0.4, -0.2) is 35.4 Å². The van der Waals surface area contributed by atoms with Crippen LogP contribution in [0.3, 0.4) is 0 Å². The van der Waals surface area contributed by atoms with Gasteiger partial charge in [-0.15, -0.1) is 11.3 Å². The normalized spacial score (nSPS) is 10.8. The van der Waals surface area contributed by atoms with Crippen LogP contribution in [-0.2, 0) is 16.1 Å². The van der Waals surface area contributed by atoms with Crippen LogP contribution in [0.4, 0.5) is 0 Å². The number of aromatic nitrogens is 1. The fraction of sp³-hybridized carbons (Fsp3) is 0.706. The van der Waals surface area contributed by atoms with Gasteiger partial charge in [0, 0.05) is 18.3 Å². The second kappa shape index (κ2) is 10.4. The van der Waals surface area contributed by atoms with E-state index in [0.717, 1.165) is 37.2 Å². The first-order valence-corrected chi connectivity index (χ1v) is 9.16. The van der Waals surface area contributed by atoms with Crippen molar-refractivity contribution < 1.29 is 14.3 Å². The molecule has 0 saturated carbocycles. The van der Waals surface area contributed by atoms with Crippen molar-refractivity contribution in [1.82, 2.24) is 9.88 Å². The predicted octanol–water partition coefficient (Wildman–Crippen LogP) is 3.88. The van der Waals surface area contributed by atoms with Crippen molar-refractivity contribution in [2.24, 2.45) is 5.92 Å². The fourth-order valence-corrected chi connectivity index (χ4v) is 2.91. The molecule has 23 heavy (non-hydrogen) atoms. The topological polar surface area (TPSA) is 59.5 Å². The Kier molecular flexibility index (Phi) is 8.84. The highest BCUT2D eigenvalue weighted by molar-refractivity contribution is 7.09. The molecule has 0 atom stereocenters. The average Bonchev–Trinajstić information content (AvgIpc) is 2.99. The highest BCUT2D eigenvalue weighted by Gasteiger charge is 2.17. The number of methoxy groups -OCH3 is 1. The summed E-state index contributed by atoms with van der Waals surface area (Å²) in [5.74, 6) is 0.285. The third-order valence-corrected chi connectivity index (χ3v) is 4.43. The molecule has 1 heterocycles. The molecule has 6 heteroatoms. The van der Waals surface area contributed by atoms with Gasteiger partial charge in [-0.3, -0.25) is 4.79 Å². The minimum absolute atomic E-state index is 0.175. The van der Waals surface area contributed by atoms with Gasteiger partial charge in [-0.1, -0.05) is 33.6 Å². The average molecular weight is 340 g/mol. The molecule has 1 rings (SSSR count). The fourth-order valence-electron chi connectivity index (χ4n) is 2.14. The van der Waals surface area contributed by atoms with Crippen LogP contribution >= 0.6 is 11.3 Å². The number of amides is 1. The zero-order valence-corrected chi connectivity index (χ0v) is 15.4. The Bertz CT molecular complexity index is 500. The molecular weight excluding hydrogens is 312 g/mol. The maximum absolute atomic E-state index is 12.4. The maximum atomic E-state index is 12.4. The third kappa shape index (κ3) is 7.12. The summed E-state index contributed by atoms with van der Waals surface area (Å²) < 4.78 is 4.67. The number of thiazole rings is 1. The molecule has 0 saturated heterocycles. The second-order valence-corrected chi connectivity index (χ2v) is 7.02. The maximum Gasteiger partial charge on any atom is 0.357 e. The lowest BCUT2D eigenvalue weighted by molar-refractivity contribution is -0.132. The van der Waals surface area contributed by atoms with Gasteiger partial charge in [-0.05, 0) is 18.8 Å². The van der Waals surface area contributed by atoms with Crippen LogP contribution in [0, 0.1) is 5.92 Å². The summed E-state index contributed by atoms with van der Waals surface area (Å²) in [5.41, 5.74) is 0.315. The van der Waals surface area contributed by atoms with Gasteiger partial charge < -0.3 is 9.64 Å². The number of carbonyl (C=O) groups excluding carboxylic acids is 2. The number of carbonyl (C=O) groups is 2. The lowest BCUT2D eigenvalue weighted by Crippen LogP contribution is -2.32. The zero-order chi connectivity index (χ0) is 17.2. The Hall–Kier alpha value is -1.43. The van der Waals surface area contributed by atoms with E-state index >= 15 is 0 Å². The smallest absolute Gasteiger partial charge is 0.357 e. The van der Waals surface area contributed by atoms with Gasteiger partial charge in [0.05, 0.1) is 13.7 Å². The number of hydrogen-bond donors (Lipinski definition) is 0. The molecule has 0 aromatic carbocycles. The summed E-state index contributed by atoms with van der Waals surface area (Å²) in [6.45, 7) is 7.64. The van der Waals surface area contributed by atoms with E-state index in [2.05, 4.69) is 30.5 Å². The lowest BCUT2D eigenvalue weighted by atomic mass is 10.1. The summed E-state index contributed by atoms with van der Waals surface area (Å²) >= 11 is 1.40. The molecule has 0 fully saturated rings. The van der Waals surface area contributed by atoms with Crippen molar-refractivity contribution in [3.8, 4) is 0 Å².